The molecule has 9 heteroatoms. The Balaban J connectivity index is 1.45. The number of imidazole rings is 1. The number of hydrogen-bond donors (Lipinski definition) is 1. The third kappa shape index (κ3) is 3.53. The van der Waals surface area contributed by atoms with Crippen LogP contribution in [-0.2, 0) is 9.47 Å². The van der Waals surface area contributed by atoms with E-state index in [-0.39, 0.29) is 6.61 Å². The van der Waals surface area contributed by atoms with E-state index >= 15 is 0 Å². The predicted molar refractivity (Wildman–Crippen MR) is 98.4 cm³/mol. The van der Waals surface area contributed by atoms with Crippen LogP contribution in [0.4, 0.5) is 0 Å². The molecule has 0 spiro atoms. The lowest BCUT2D eigenvalue weighted by Gasteiger charge is -2.16. The minimum atomic E-state index is -0.752. The number of aliphatic hydroxyl groups excluding tert-OH is 1. The molecule has 1 saturated heterocycles. The van der Waals surface area contributed by atoms with Gasteiger partial charge in [-0.2, -0.15) is 0 Å². The van der Waals surface area contributed by atoms with E-state index in [1.54, 1.807) is 35.2 Å². The van der Waals surface area contributed by atoms with Gasteiger partial charge < -0.3 is 14.6 Å². The van der Waals surface area contributed by atoms with E-state index < -0.39 is 24.4 Å². The number of benzene rings is 1. The van der Waals surface area contributed by atoms with Crippen molar-refractivity contribution >= 4 is 28.9 Å². The Bertz CT molecular complexity index is 949. The topological polar surface area (TPSA) is 99.4 Å². The van der Waals surface area contributed by atoms with Crippen molar-refractivity contribution < 1.29 is 19.4 Å². The fraction of sp³-hybridized carbons (Fsp3) is 0.333. The average Bonchev–Trinajstić information content (AvgIpc) is 3.29. The summed E-state index contributed by atoms with van der Waals surface area (Å²) in [4.78, 5) is 24.9. The zero-order valence-corrected chi connectivity index (χ0v) is 15.4. The molecule has 0 saturated carbocycles. The second-order valence-electron chi connectivity index (χ2n) is 6.10. The molecule has 1 aliphatic rings. The SMILES string of the molecule is CSc1ncnc2c1ncn2[C@H]1C[C@H](O)[C@@H](COC(=O)c2ccccc2)O1. The number of fused-ring (bicyclic) bond motifs is 1. The summed E-state index contributed by atoms with van der Waals surface area (Å²) < 4.78 is 13.0. The van der Waals surface area contributed by atoms with Gasteiger partial charge in [-0.05, 0) is 18.4 Å². The summed E-state index contributed by atoms with van der Waals surface area (Å²) in [5.41, 5.74) is 1.80. The van der Waals surface area contributed by atoms with Gasteiger partial charge in [0.2, 0.25) is 0 Å². The van der Waals surface area contributed by atoms with Gasteiger partial charge in [0, 0.05) is 6.42 Å². The van der Waals surface area contributed by atoms with Gasteiger partial charge in [0.15, 0.2) is 5.65 Å². The van der Waals surface area contributed by atoms with Gasteiger partial charge in [0.25, 0.3) is 0 Å². The number of nitrogens with zero attached hydrogens (tertiary/aromatic N) is 4. The first-order valence-corrected chi connectivity index (χ1v) is 9.67. The smallest absolute Gasteiger partial charge is 0.338 e. The fourth-order valence-electron chi connectivity index (χ4n) is 3.04. The van der Waals surface area contributed by atoms with Gasteiger partial charge in [0.1, 0.15) is 35.8 Å². The van der Waals surface area contributed by atoms with Gasteiger partial charge in [-0.1, -0.05) is 18.2 Å². The first-order valence-electron chi connectivity index (χ1n) is 8.44. The molecule has 1 aliphatic heterocycles. The maximum absolute atomic E-state index is 12.1. The Kier molecular flexibility index (Phi) is 5.06. The van der Waals surface area contributed by atoms with Crippen molar-refractivity contribution in [1.29, 1.82) is 0 Å². The molecule has 1 aromatic carbocycles. The van der Waals surface area contributed by atoms with E-state index in [2.05, 4.69) is 15.0 Å². The molecule has 3 heterocycles. The number of rotatable bonds is 5. The maximum atomic E-state index is 12.1. The van der Waals surface area contributed by atoms with Crippen LogP contribution in [0.5, 0.6) is 0 Å². The second kappa shape index (κ2) is 7.63. The zero-order chi connectivity index (χ0) is 18.8. The molecule has 0 radical (unpaired) electrons. The van der Waals surface area contributed by atoms with Gasteiger partial charge in [0.05, 0.1) is 18.0 Å². The van der Waals surface area contributed by atoms with Crippen LogP contribution in [0, 0.1) is 0 Å². The van der Waals surface area contributed by atoms with Crippen molar-refractivity contribution in [2.75, 3.05) is 12.9 Å². The number of carbonyl (C=O) groups excluding carboxylic acids is 1. The molecule has 4 rings (SSSR count). The normalized spacial score (nSPS) is 22.2. The molecule has 0 amide bonds. The molecular formula is C18H18N4O4S. The van der Waals surface area contributed by atoms with Gasteiger partial charge in [-0.15, -0.1) is 11.8 Å². The van der Waals surface area contributed by atoms with E-state index in [1.807, 2.05) is 12.3 Å². The Morgan fingerprint density at radius 2 is 2.15 bits per heavy atom. The number of ether oxygens (including phenoxy) is 2. The van der Waals surface area contributed by atoms with Gasteiger partial charge in [-0.25, -0.2) is 19.7 Å². The van der Waals surface area contributed by atoms with Gasteiger partial charge in [-0.3, -0.25) is 4.57 Å². The van der Waals surface area contributed by atoms with Crippen LogP contribution in [0.3, 0.4) is 0 Å². The van der Waals surface area contributed by atoms with Crippen molar-refractivity contribution in [1.82, 2.24) is 19.5 Å². The Hall–Kier alpha value is -2.49. The van der Waals surface area contributed by atoms with Crippen LogP contribution in [0.1, 0.15) is 23.0 Å². The van der Waals surface area contributed by atoms with E-state index in [4.69, 9.17) is 9.47 Å². The van der Waals surface area contributed by atoms with Gasteiger partial charge >= 0.3 is 5.97 Å². The van der Waals surface area contributed by atoms with Crippen molar-refractivity contribution in [3.05, 3.63) is 48.5 Å². The third-order valence-corrected chi connectivity index (χ3v) is 5.11. The standard InChI is InChI=1S/C18H18N4O4S/c1-27-17-15-16(19-9-20-17)22(10-21-15)14-7-12(23)13(26-14)8-25-18(24)11-5-3-2-4-6-11/h2-6,9-10,12-14,23H,7-8H2,1H3/t12-,13+,14+/m0/s1. The van der Waals surface area contributed by atoms with Crippen LogP contribution in [0.2, 0.25) is 0 Å². The molecule has 27 heavy (non-hydrogen) atoms. The number of carbonyl (C=O) groups is 1. The first-order chi connectivity index (χ1) is 13.2. The number of aliphatic hydroxyl groups is 1. The number of aromatic nitrogens is 4. The highest BCUT2D eigenvalue weighted by molar-refractivity contribution is 7.98. The van der Waals surface area contributed by atoms with E-state index in [1.165, 1.54) is 18.1 Å². The maximum Gasteiger partial charge on any atom is 0.338 e. The molecule has 0 bridgehead atoms. The monoisotopic (exact) mass is 386 g/mol. The number of esters is 1. The zero-order valence-electron chi connectivity index (χ0n) is 14.6. The fourth-order valence-corrected chi connectivity index (χ4v) is 3.53. The van der Waals surface area contributed by atoms with Crippen LogP contribution in [0.15, 0.2) is 48.0 Å². The van der Waals surface area contributed by atoms with Crippen molar-refractivity contribution in [3.63, 3.8) is 0 Å². The lowest BCUT2D eigenvalue weighted by molar-refractivity contribution is -0.0509. The molecule has 1 fully saturated rings. The summed E-state index contributed by atoms with van der Waals surface area (Å²) in [7, 11) is 0. The molecule has 140 valence electrons. The van der Waals surface area contributed by atoms with Crippen molar-refractivity contribution in [3.8, 4) is 0 Å². The average molecular weight is 386 g/mol. The highest BCUT2D eigenvalue weighted by atomic mass is 32.2. The van der Waals surface area contributed by atoms with Crippen LogP contribution >= 0.6 is 11.8 Å². The molecule has 8 nitrogen and oxygen atoms in total. The molecule has 3 aromatic rings. The predicted octanol–water partition coefficient (Wildman–Crippen LogP) is 2.05. The minimum absolute atomic E-state index is 0.0247. The highest BCUT2D eigenvalue weighted by Crippen LogP contribution is 2.32. The summed E-state index contributed by atoms with van der Waals surface area (Å²) in [5, 5.41) is 11.1. The Morgan fingerprint density at radius 3 is 2.93 bits per heavy atom. The Morgan fingerprint density at radius 1 is 1.33 bits per heavy atom. The second-order valence-corrected chi connectivity index (χ2v) is 6.90. The lowest BCUT2D eigenvalue weighted by atomic mass is 10.2. The molecule has 0 aliphatic carbocycles. The molecule has 2 aromatic heterocycles. The van der Waals surface area contributed by atoms with E-state index in [0.29, 0.717) is 23.1 Å². The summed E-state index contributed by atoms with van der Waals surface area (Å²) >= 11 is 1.49. The highest BCUT2D eigenvalue weighted by Gasteiger charge is 2.36. The Labute approximate surface area is 159 Å². The summed E-state index contributed by atoms with van der Waals surface area (Å²) in [6.45, 7) is -0.0247. The molecule has 1 N–H and O–H groups in total. The molecule has 3 atom stereocenters. The molecule has 0 unspecified atom stereocenters. The first kappa shape index (κ1) is 17.9. The number of hydrogen-bond acceptors (Lipinski definition) is 8. The van der Waals surface area contributed by atoms with E-state index in [0.717, 1.165) is 5.03 Å². The summed E-state index contributed by atoms with van der Waals surface area (Å²) in [6.07, 6.45) is 3.60. The quantitative estimate of drug-likeness (QED) is 0.404. The third-order valence-electron chi connectivity index (χ3n) is 4.42. The van der Waals surface area contributed by atoms with Crippen molar-refractivity contribution in [2.24, 2.45) is 0 Å². The van der Waals surface area contributed by atoms with Crippen LogP contribution in [0.25, 0.3) is 11.2 Å². The molecular weight excluding hydrogens is 368 g/mol. The van der Waals surface area contributed by atoms with E-state index in [9.17, 15) is 9.90 Å². The summed E-state index contributed by atoms with van der Waals surface area (Å²) in [5.74, 6) is -0.444. The largest absolute Gasteiger partial charge is 0.459 e. The summed E-state index contributed by atoms with van der Waals surface area (Å²) in [6, 6.07) is 8.72. The van der Waals surface area contributed by atoms with Crippen LogP contribution in [-0.4, -0.2) is 55.7 Å². The minimum Gasteiger partial charge on any atom is -0.459 e. The lowest BCUT2D eigenvalue weighted by Crippen LogP contribution is -2.28. The van der Waals surface area contributed by atoms with Crippen molar-refractivity contribution in [2.45, 2.75) is 29.9 Å². The number of thioether (sulfide) groups is 1. The van der Waals surface area contributed by atoms with Crippen LogP contribution < -0.4 is 0 Å².